The molecule has 0 heterocycles. The third-order valence-corrected chi connectivity index (χ3v) is 4.06. The molecule has 0 atom stereocenters. The average Bonchev–Trinajstić information content (AvgIpc) is 2.31. The van der Waals surface area contributed by atoms with Crippen LogP contribution in [0.25, 0.3) is 0 Å². The normalized spacial score (nSPS) is 11.4. The fourth-order valence-corrected chi connectivity index (χ4v) is 2.92. The number of anilines is 1. The van der Waals surface area contributed by atoms with Crippen molar-refractivity contribution in [3.63, 3.8) is 0 Å². The molecule has 19 heavy (non-hydrogen) atoms. The average molecular weight is 352 g/mol. The molecule has 0 unspecified atom stereocenters. The Morgan fingerprint density at radius 2 is 2.11 bits per heavy atom. The molecule has 0 aliphatic carbocycles. The predicted molar refractivity (Wildman–Crippen MR) is 73.8 cm³/mol. The molecule has 9 heteroatoms. The van der Waals surface area contributed by atoms with Gasteiger partial charge in [-0.2, -0.15) is 0 Å². The van der Waals surface area contributed by atoms with Crippen molar-refractivity contribution in [2.45, 2.75) is 4.90 Å². The maximum atomic E-state index is 11.9. The van der Waals surface area contributed by atoms with E-state index < -0.39 is 15.9 Å². The molecular formula is C10H14BrN3O4S. The van der Waals surface area contributed by atoms with E-state index in [4.69, 9.17) is 16.2 Å². The fraction of sp³-hybridized carbons (Fsp3) is 0.300. The number of nitrogens with two attached hydrogens (primary N) is 2. The van der Waals surface area contributed by atoms with Crippen LogP contribution in [-0.2, 0) is 19.6 Å². The van der Waals surface area contributed by atoms with Gasteiger partial charge in [0.05, 0.1) is 12.3 Å². The second-order valence-corrected chi connectivity index (χ2v) is 6.25. The molecule has 0 aromatic heterocycles. The zero-order chi connectivity index (χ0) is 14.5. The quantitative estimate of drug-likeness (QED) is 0.463. The molecule has 5 N–H and O–H groups in total. The molecule has 1 aromatic rings. The topological polar surface area (TPSA) is 125 Å². The third kappa shape index (κ3) is 5.15. The highest BCUT2D eigenvalue weighted by molar-refractivity contribution is 9.10. The number of benzene rings is 1. The van der Waals surface area contributed by atoms with Crippen LogP contribution < -0.4 is 16.2 Å². The second-order valence-electron chi connectivity index (χ2n) is 3.60. The maximum absolute atomic E-state index is 11.9. The van der Waals surface area contributed by atoms with Crippen LogP contribution >= 0.6 is 15.9 Å². The number of carbonyl (C=O) groups excluding carboxylic acids is 1. The summed E-state index contributed by atoms with van der Waals surface area (Å²) in [6.45, 7) is -0.196. The van der Waals surface area contributed by atoms with Gasteiger partial charge < -0.3 is 16.2 Å². The highest BCUT2D eigenvalue weighted by Crippen LogP contribution is 2.22. The van der Waals surface area contributed by atoms with Crippen molar-refractivity contribution in [1.29, 1.82) is 0 Å². The molecule has 0 fully saturated rings. The first-order valence-electron chi connectivity index (χ1n) is 5.23. The summed E-state index contributed by atoms with van der Waals surface area (Å²) in [6, 6.07) is 4.54. The van der Waals surface area contributed by atoms with E-state index >= 15 is 0 Å². The lowest BCUT2D eigenvalue weighted by Gasteiger charge is -2.09. The molecule has 0 saturated carbocycles. The van der Waals surface area contributed by atoms with Gasteiger partial charge in [-0.1, -0.05) is 15.9 Å². The molecule has 1 aromatic carbocycles. The SMILES string of the molecule is NC(=O)COCCNS(=O)(=O)c1cc(Br)ccc1N. The fourth-order valence-electron chi connectivity index (χ4n) is 1.24. The van der Waals surface area contributed by atoms with E-state index in [0.29, 0.717) is 4.47 Å². The van der Waals surface area contributed by atoms with Crippen molar-refractivity contribution < 1.29 is 17.9 Å². The number of primary amides is 1. The van der Waals surface area contributed by atoms with Crippen LogP contribution in [0.1, 0.15) is 0 Å². The number of sulfonamides is 1. The number of rotatable bonds is 7. The highest BCUT2D eigenvalue weighted by atomic mass is 79.9. The molecule has 1 amide bonds. The first kappa shape index (κ1) is 15.9. The van der Waals surface area contributed by atoms with Crippen LogP contribution in [0.4, 0.5) is 5.69 Å². The van der Waals surface area contributed by atoms with Gasteiger partial charge in [0, 0.05) is 11.0 Å². The first-order valence-corrected chi connectivity index (χ1v) is 7.51. The van der Waals surface area contributed by atoms with Gasteiger partial charge in [-0.15, -0.1) is 0 Å². The predicted octanol–water partition coefficient (Wildman–Crippen LogP) is -0.189. The number of nitrogens with one attached hydrogen (secondary N) is 1. The van der Waals surface area contributed by atoms with Gasteiger partial charge >= 0.3 is 0 Å². The summed E-state index contributed by atoms with van der Waals surface area (Å²) in [6.07, 6.45) is 0. The van der Waals surface area contributed by atoms with Gasteiger partial charge in [-0.05, 0) is 18.2 Å². The summed E-state index contributed by atoms with van der Waals surface area (Å²) in [4.78, 5) is 10.4. The van der Waals surface area contributed by atoms with Crippen LogP contribution in [-0.4, -0.2) is 34.1 Å². The lowest BCUT2D eigenvalue weighted by Crippen LogP contribution is -2.29. The van der Waals surface area contributed by atoms with Gasteiger partial charge in [0.2, 0.25) is 15.9 Å². The van der Waals surface area contributed by atoms with Gasteiger partial charge in [0.15, 0.2) is 0 Å². The van der Waals surface area contributed by atoms with Crippen molar-refractivity contribution in [3.8, 4) is 0 Å². The van der Waals surface area contributed by atoms with Gasteiger partial charge in [-0.25, -0.2) is 13.1 Å². The van der Waals surface area contributed by atoms with Crippen LogP contribution in [0.15, 0.2) is 27.6 Å². The summed E-state index contributed by atoms with van der Waals surface area (Å²) in [5, 5.41) is 0. The van der Waals surface area contributed by atoms with E-state index in [-0.39, 0.29) is 30.3 Å². The van der Waals surface area contributed by atoms with Crippen molar-refractivity contribution >= 4 is 37.5 Å². The number of hydrogen-bond donors (Lipinski definition) is 3. The maximum Gasteiger partial charge on any atom is 0.243 e. The summed E-state index contributed by atoms with van der Waals surface area (Å²) >= 11 is 3.17. The first-order chi connectivity index (χ1) is 8.83. The number of hydrogen-bond acceptors (Lipinski definition) is 5. The largest absolute Gasteiger partial charge is 0.398 e. The Balaban J connectivity index is 2.61. The highest BCUT2D eigenvalue weighted by Gasteiger charge is 2.17. The Kier molecular flexibility index (Phi) is 5.73. The molecule has 0 aliphatic rings. The minimum absolute atomic E-state index is 0.0154. The molecule has 0 saturated heterocycles. The zero-order valence-electron chi connectivity index (χ0n) is 9.93. The number of carbonyl (C=O) groups is 1. The summed E-state index contributed by atoms with van der Waals surface area (Å²) in [7, 11) is -3.72. The molecular weight excluding hydrogens is 338 g/mol. The number of amides is 1. The Morgan fingerprint density at radius 3 is 2.74 bits per heavy atom. The van der Waals surface area contributed by atoms with Crippen molar-refractivity contribution in [3.05, 3.63) is 22.7 Å². The summed E-state index contributed by atoms with van der Waals surface area (Å²) in [5.74, 6) is -0.612. The van der Waals surface area contributed by atoms with E-state index in [1.165, 1.54) is 12.1 Å². The second kappa shape index (κ2) is 6.85. The van der Waals surface area contributed by atoms with Crippen LogP contribution in [0.3, 0.4) is 0 Å². The minimum Gasteiger partial charge on any atom is -0.398 e. The van der Waals surface area contributed by atoms with Gasteiger partial charge in [0.1, 0.15) is 11.5 Å². The Bertz CT molecular complexity index is 562. The standard InChI is InChI=1S/C10H14BrN3O4S/c11-7-1-2-8(12)9(5-7)19(16,17)14-3-4-18-6-10(13)15/h1-2,5,14H,3-4,6,12H2,(H2,13,15). The summed E-state index contributed by atoms with van der Waals surface area (Å²) < 4.78 is 31.6. The van der Waals surface area contributed by atoms with E-state index in [9.17, 15) is 13.2 Å². The molecule has 0 aliphatic heterocycles. The molecule has 1 rings (SSSR count). The molecule has 106 valence electrons. The molecule has 0 bridgehead atoms. The molecule has 7 nitrogen and oxygen atoms in total. The third-order valence-electron chi connectivity index (χ3n) is 2.05. The lowest BCUT2D eigenvalue weighted by atomic mass is 10.3. The van der Waals surface area contributed by atoms with Crippen molar-refractivity contribution in [1.82, 2.24) is 4.72 Å². The summed E-state index contributed by atoms with van der Waals surface area (Å²) in [5.41, 5.74) is 10.6. The molecule has 0 spiro atoms. The van der Waals surface area contributed by atoms with Crippen LogP contribution in [0.5, 0.6) is 0 Å². The smallest absolute Gasteiger partial charge is 0.243 e. The number of halogens is 1. The van der Waals surface area contributed by atoms with Gasteiger partial charge in [-0.3, -0.25) is 4.79 Å². The van der Waals surface area contributed by atoms with E-state index in [1.54, 1.807) is 6.07 Å². The van der Waals surface area contributed by atoms with E-state index in [0.717, 1.165) is 0 Å². The Hall–Kier alpha value is -1.16. The Morgan fingerprint density at radius 1 is 1.42 bits per heavy atom. The Labute approximate surface area is 119 Å². The lowest BCUT2D eigenvalue weighted by molar-refractivity contribution is -0.122. The minimum atomic E-state index is -3.72. The van der Waals surface area contributed by atoms with Gasteiger partial charge in [0.25, 0.3) is 0 Å². The van der Waals surface area contributed by atoms with E-state index in [2.05, 4.69) is 20.7 Å². The number of nitrogen functional groups attached to an aromatic ring is 1. The van der Waals surface area contributed by atoms with Crippen LogP contribution in [0.2, 0.25) is 0 Å². The molecule has 0 radical (unpaired) electrons. The zero-order valence-corrected chi connectivity index (χ0v) is 12.3. The van der Waals surface area contributed by atoms with Crippen molar-refractivity contribution in [2.24, 2.45) is 5.73 Å². The number of ether oxygens (including phenoxy) is 1. The van der Waals surface area contributed by atoms with Crippen LogP contribution in [0, 0.1) is 0 Å². The monoisotopic (exact) mass is 351 g/mol. The van der Waals surface area contributed by atoms with E-state index in [1.807, 2.05) is 0 Å². The van der Waals surface area contributed by atoms with Crippen molar-refractivity contribution in [2.75, 3.05) is 25.5 Å².